The molecule has 4 nitrogen and oxygen atoms in total. The van der Waals surface area contributed by atoms with Gasteiger partial charge in [0.15, 0.2) is 0 Å². The number of benzene rings is 1. The molecule has 2 aromatic rings. The second-order valence-electron chi connectivity index (χ2n) is 5.59. The molecule has 2 atom stereocenters. The van der Waals surface area contributed by atoms with Gasteiger partial charge in [0.1, 0.15) is 0 Å². The second kappa shape index (κ2) is 7.11. The van der Waals surface area contributed by atoms with Gasteiger partial charge in [-0.05, 0) is 32.2 Å². The Morgan fingerprint density at radius 3 is 2.76 bits per heavy atom. The predicted octanol–water partition coefficient (Wildman–Crippen LogP) is 2.64. The number of hydrogen-bond acceptors (Lipinski definition) is 4. The minimum Gasteiger partial charge on any atom is -0.388 e. The first-order valence-corrected chi connectivity index (χ1v) is 8.46. The third-order valence-corrected chi connectivity index (χ3v) is 4.28. The summed E-state index contributed by atoms with van der Waals surface area (Å²) in [4.78, 5) is 0. The van der Waals surface area contributed by atoms with Crippen molar-refractivity contribution in [3.8, 4) is 5.69 Å². The van der Waals surface area contributed by atoms with E-state index in [1.54, 1.807) is 11.8 Å². The molecule has 1 heterocycles. The van der Waals surface area contributed by atoms with E-state index in [-0.39, 0.29) is 6.04 Å². The molecule has 0 saturated carbocycles. The molecule has 0 aliphatic rings. The highest BCUT2D eigenvalue weighted by atomic mass is 32.2. The molecule has 0 spiro atoms. The van der Waals surface area contributed by atoms with Crippen LogP contribution in [0.5, 0.6) is 0 Å². The number of para-hydroxylation sites is 1. The molecule has 1 aromatic carbocycles. The molecule has 2 rings (SSSR count). The maximum atomic E-state index is 10.2. The highest BCUT2D eigenvalue weighted by molar-refractivity contribution is 7.98. The van der Waals surface area contributed by atoms with Crippen molar-refractivity contribution >= 4 is 11.8 Å². The van der Waals surface area contributed by atoms with E-state index in [9.17, 15) is 5.11 Å². The van der Waals surface area contributed by atoms with E-state index in [4.69, 9.17) is 0 Å². The van der Waals surface area contributed by atoms with Crippen LogP contribution in [0.1, 0.15) is 25.5 Å². The summed E-state index contributed by atoms with van der Waals surface area (Å²) in [5.74, 6) is 0.718. The van der Waals surface area contributed by atoms with Crippen molar-refractivity contribution < 1.29 is 5.11 Å². The maximum absolute atomic E-state index is 10.2. The highest BCUT2D eigenvalue weighted by Crippen LogP contribution is 2.16. The van der Waals surface area contributed by atoms with Gasteiger partial charge in [0.2, 0.25) is 0 Å². The number of rotatable bonds is 7. The van der Waals surface area contributed by atoms with Crippen LogP contribution in [0.2, 0.25) is 0 Å². The van der Waals surface area contributed by atoms with E-state index in [2.05, 4.69) is 17.3 Å². The standard InChI is InChI=1S/C16H23N3OS/c1-13(17-11-16(2,20)12-21-3)14-9-18-19(10-14)15-7-5-4-6-8-15/h4-10,13,17,20H,11-12H2,1-3H3. The maximum Gasteiger partial charge on any atom is 0.0833 e. The van der Waals surface area contributed by atoms with Gasteiger partial charge in [-0.1, -0.05) is 18.2 Å². The zero-order chi connectivity index (χ0) is 15.3. The Morgan fingerprint density at radius 2 is 2.10 bits per heavy atom. The molecule has 2 N–H and O–H groups in total. The van der Waals surface area contributed by atoms with Crippen LogP contribution < -0.4 is 5.32 Å². The molecule has 114 valence electrons. The summed E-state index contributed by atoms with van der Waals surface area (Å²) in [6.07, 6.45) is 5.89. The molecule has 0 bridgehead atoms. The normalized spacial score (nSPS) is 15.6. The van der Waals surface area contributed by atoms with Gasteiger partial charge in [0, 0.05) is 30.1 Å². The van der Waals surface area contributed by atoms with Crippen molar-refractivity contribution in [2.45, 2.75) is 25.5 Å². The van der Waals surface area contributed by atoms with Crippen LogP contribution in [0.4, 0.5) is 0 Å². The van der Waals surface area contributed by atoms with Crippen molar-refractivity contribution in [1.29, 1.82) is 0 Å². The summed E-state index contributed by atoms with van der Waals surface area (Å²) in [6, 6.07) is 10.2. The van der Waals surface area contributed by atoms with Crippen LogP contribution in [0.25, 0.3) is 5.69 Å². The molecular weight excluding hydrogens is 282 g/mol. The van der Waals surface area contributed by atoms with E-state index in [0.717, 1.165) is 17.0 Å². The average Bonchev–Trinajstić information content (AvgIpc) is 2.96. The molecule has 0 saturated heterocycles. The van der Waals surface area contributed by atoms with Gasteiger partial charge < -0.3 is 10.4 Å². The molecule has 2 unspecified atom stereocenters. The Kier molecular flexibility index (Phi) is 5.45. The fourth-order valence-corrected chi connectivity index (χ4v) is 2.86. The van der Waals surface area contributed by atoms with Crippen molar-refractivity contribution in [3.05, 3.63) is 48.3 Å². The summed E-state index contributed by atoms with van der Waals surface area (Å²) in [7, 11) is 0. The zero-order valence-corrected chi connectivity index (χ0v) is 13.6. The van der Waals surface area contributed by atoms with Crippen LogP contribution >= 0.6 is 11.8 Å². The van der Waals surface area contributed by atoms with Crippen molar-refractivity contribution in [2.75, 3.05) is 18.6 Å². The minimum atomic E-state index is -0.691. The summed E-state index contributed by atoms with van der Waals surface area (Å²) in [6.45, 7) is 4.50. The Labute approximate surface area is 130 Å². The molecule has 1 aromatic heterocycles. The Bertz CT molecular complexity index is 554. The van der Waals surface area contributed by atoms with Crippen molar-refractivity contribution in [1.82, 2.24) is 15.1 Å². The van der Waals surface area contributed by atoms with Gasteiger partial charge >= 0.3 is 0 Å². The van der Waals surface area contributed by atoms with Gasteiger partial charge in [-0.2, -0.15) is 16.9 Å². The van der Waals surface area contributed by atoms with Crippen LogP contribution in [-0.4, -0.2) is 39.0 Å². The van der Waals surface area contributed by atoms with Gasteiger partial charge in [0.25, 0.3) is 0 Å². The predicted molar refractivity (Wildman–Crippen MR) is 89.0 cm³/mol. The van der Waals surface area contributed by atoms with E-state index in [1.807, 2.05) is 60.6 Å². The molecule has 0 amide bonds. The lowest BCUT2D eigenvalue weighted by Gasteiger charge is -2.24. The fraction of sp³-hybridized carbons (Fsp3) is 0.438. The molecule has 5 heteroatoms. The quantitative estimate of drug-likeness (QED) is 0.825. The van der Waals surface area contributed by atoms with Gasteiger partial charge in [-0.25, -0.2) is 4.68 Å². The third kappa shape index (κ3) is 4.59. The molecule has 0 aliphatic carbocycles. The number of nitrogens with one attached hydrogen (secondary N) is 1. The van der Waals surface area contributed by atoms with Crippen LogP contribution in [-0.2, 0) is 0 Å². The highest BCUT2D eigenvalue weighted by Gasteiger charge is 2.20. The first-order chi connectivity index (χ1) is 10.0. The lowest BCUT2D eigenvalue weighted by atomic mass is 10.1. The molecule has 0 radical (unpaired) electrons. The van der Waals surface area contributed by atoms with E-state index >= 15 is 0 Å². The second-order valence-corrected chi connectivity index (χ2v) is 6.45. The fourth-order valence-electron chi connectivity index (χ4n) is 2.14. The zero-order valence-electron chi connectivity index (χ0n) is 12.8. The number of aromatic nitrogens is 2. The molecular formula is C16H23N3OS. The first kappa shape index (κ1) is 16.1. The molecule has 21 heavy (non-hydrogen) atoms. The average molecular weight is 305 g/mol. The van der Waals surface area contributed by atoms with Crippen LogP contribution in [0, 0.1) is 0 Å². The monoisotopic (exact) mass is 305 g/mol. The Morgan fingerprint density at radius 1 is 1.38 bits per heavy atom. The number of aliphatic hydroxyl groups is 1. The lowest BCUT2D eigenvalue weighted by molar-refractivity contribution is 0.0821. The summed E-state index contributed by atoms with van der Waals surface area (Å²) >= 11 is 1.65. The van der Waals surface area contributed by atoms with Crippen molar-refractivity contribution in [3.63, 3.8) is 0 Å². The first-order valence-electron chi connectivity index (χ1n) is 7.06. The molecule has 0 aliphatic heterocycles. The Balaban J connectivity index is 1.98. The summed E-state index contributed by atoms with van der Waals surface area (Å²) in [5.41, 5.74) is 1.47. The largest absolute Gasteiger partial charge is 0.388 e. The van der Waals surface area contributed by atoms with E-state index < -0.39 is 5.60 Å². The molecule has 0 fully saturated rings. The smallest absolute Gasteiger partial charge is 0.0833 e. The van der Waals surface area contributed by atoms with Crippen molar-refractivity contribution in [2.24, 2.45) is 0 Å². The topological polar surface area (TPSA) is 50.1 Å². The number of nitrogens with zero attached hydrogens (tertiary/aromatic N) is 2. The SMILES string of the molecule is CSCC(C)(O)CNC(C)c1cnn(-c2ccccc2)c1. The van der Waals surface area contributed by atoms with Gasteiger partial charge in [-0.3, -0.25) is 0 Å². The number of hydrogen-bond donors (Lipinski definition) is 2. The van der Waals surface area contributed by atoms with E-state index in [1.165, 1.54) is 0 Å². The minimum absolute atomic E-state index is 0.149. The lowest BCUT2D eigenvalue weighted by Crippen LogP contribution is -2.40. The number of thioether (sulfide) groups is 1. The third-order valence-electron chi connectivity index (χ3n) is 3.37. The summed E-state index contributed by atoms with van der Waals surface area (Å²) < 4.78 is 1.87. The Hall–Kier alpha value is -1.30. The van der Waals surface area contributed by atoms with Gasteiger partial charge in [-0.15, -0.1) is 0 Å². The summed E-state index contributed by atoms with van der Waals surface area (Å²) in [5, 5.41) is 18.0. The van der Waals surface area contributed by atoms with E-state index in [0.29, 0.717) is 6.54 Å². The van der Waals surface area contributed by atoms with Crippen LogP contribution in [0.3, 0.4) is 0 Å². The van der Waals surface area contributed by atoms with Gasteiger partial charge in [0.05, 0.1) is 17.5 Å². The van der Waals surface area contributed by atoms with Crippen LogP contribution in [0.15, 0.2) is 42.7 Å².